The first-order valence-electron chi connectivity index (χ1n) is 11.7. The van der Waals surface area contributed by atoms with Gasteiger partial charge in [-0.2, -0.15) is 4.68 Å². The van der Waals surface area contributed by atoms with Crippen LogP contribution in [-0.2, 0) is 6.54 Å². The molecule has 1 amide bonds. The van der Waals surface area contributed by atoms with E-state index < -0.39 is 5.97 Å². The number of nitrogens with one attached hydrogen (secondary N) is 2. The van der Waals surface area contributed by atoms with E-state index in [1.54, 1.807) is 18.3 Å². The van der Waals surface area contributed by atoms with Crippen LogP contribution in [0.4, 0.5) is 10.6 Å². The van der Waals surface area contributed by atoms with E-state index in [0.29, 0.717) is 5.56 Å². The molecule has 2 aliphatic rings. The predicted octanol–water partition coefficient (Wildman–Crippen LogP) is 3.59. The number of amides is 1. The molecule has 4 heterocycles. The zero-order chi connectivity index (χ0) is 23.0. The minimum atomic E-state index is -0.910. The van der Waals surface area contributed by atoms with E-state index >= 15 is 0 Å². The van der Waals surface area contributed by atoms with Gasteiger partial charge >= 0.3 is 12.0 Å². The van der Waals surface area contributed by atoms with Crippen LogP contribution in [0.5, 0.6) is 0 Å². The van der Waals surface area contributed by atoms with Crippen molar-refractivity contribution in [2.75, 3.05) is 31.5 Å². The highest BCUT2D eigenvalue weighted by atomic mass is 16.4. The second kappa shape index (κ2) is 8.55. The second-order valence-electron chi connectivity index (χ2n) is 9.10. The Bertz CT molecular complexity index is 1170. The summed E-state index contributed by atoms with van der Waals surface area (Å²) in [6, 6.07) is 9.01. The number of aromatic carboxylic acids is 1. The SMILES string of the molecule is CCNc1ccn(C(=O)N2CCC3(CCCN3Cc3cc4cc(C(=O)O)ccc4[nH]3)CC2)n1. The van der Waals surface area contributed by atoms with Crippen molar-refractivity contribution in [2.45, 2.75) is 44.7 Å². The van der Waals surface area contributed by atoms with Crippen molar-refractivity contribution in [3.63, 3.8) is 0 Å². The quantitative estimate of drug-likeness (QED) is 0.548. The molecule has 9 nitrogen and oxygen atoms in total. The number of fused-ring (bicyclic) bond motifs is 1. The molecule has 2 aliphatic heterocycles. The molecule has 5 rings (SSSR count). The lowest BCUT2D eigenvalue weighted by Crippen LogP contribution is -2.53. The van der Waals surface area contributed by atoms with Crippen molar-refractivity contribution in [1.29, 1.82) is 0 Å². The van der Waals surface area contributed by atoms with Crippen molar-refractivity contribution in [2.24, 2.45) is 0 Å². The fourth-order valence-corrected chi connectivity index (χ4v) is 5.39. The van der Waals surface area contributed by atoms with Crippen LogP contribution in [0.15, 0.2) is 36.5 Å². The van der Waals surface area contributed by atoms with Crippen molar-refractivity contribution in [1.82, 2.24) is 24.6 Å². The number of benzene rings is 1. The number of H-pyrrole nitrogens is 1. The molecule has 1 spiro atoms. The minimum Gasteiger partial charge on any atom is -0.478 e. The van der Waals surface area contributed by atoms with E-state index in [9.17, 15) is 14.7 Å². The maximum absolute atomic E-state index is 12.9. The average molecular weight is 451 g/mol. The highest BCUT2D eigenvalue weighted by Crippen LogP contribution is 2.39. The Kier molecular flexibility index (Phi) is 5.57. The van der Waals surface area contributed by atoms with Crippen LogP contribution in [-0.4, -0.2) is 73.4 Å². The summed E-state index contributed by atoms with van der Waals surface area (Å²) in [4.78, 5) is 32.1. The topological polar surface area (TPSA) is 106 Å². The minimum absolute atomic E-state index is 0.0663. The highest BCUT2D eigenvalue weighted by molar-refractivity contribution is 5.93. The Morgan fingerprint density at radius 1 is 1.15 bits per heavy atom. The fraction of sp³-hybridized carbons (Fsp3) is 0.458. The number of carboxylic acid groups (broad SMARTS) is 1. The molecule has 2 fully saturated rings. The molecule has 0 unspecified atom stereocenters. The van der Waals surface area contributed by atoms with Crippen LogP contribution in [0.25, 0.3) is 10.9 Å². The standard InChI is InChI=1S/C24H30N6O3/c1-2-25-21-6-11-30(27-21)23(33)28-12-8-24(9-13-28)7-3-10-29(24)16-19-15-18-14-17(22(31)32)4-5-20(18)26-19/h4-6,11,14-15,26H,2-3,7-10,12-13,16H2,1H3,(H,25,27)(H,31,32). The van der Waals surface area contributed by atoms with Crippen LogP contribution >= 0.6 is 0 Å². The van der Waals surface area contributed by atoms with Gasteiger partial charge in [0.1, 0.15) is 5.82 Å². The number of aromatic amines is 1. The number of carbonyl (C=O) groups is 2. The van der Waals surface area contributed by atoms with E-state index in [4.69, 9.17) is 0 Å². The molecule has 0 bridgehead atoms. The Balaban J connectivity index is 1.25. The molecule has 9 heteroatoms. The Hall–Kier alpha value is -3.33. The highest BCUT2D eigenvalue weighted by Gasteiger charge is 2.44. The second-order valence-corrected chi connectivity index (χ2v) is 9.10. The van der Waals surface area contributed by atoms with Crippen molar-refractivity contribution < 1.29 is 14.7 Å². The molecule has 174 valence electrons. The maximum atomic E-state index is 12.9. The monoisotopic (exact) mass is 450 g/mol. The molecule has 0 atom stereocenters. The molecule has 2 aromatic heterocycles. The zero-order valence-corrected chi connectivity index (χ0v) is 18.9. The summed E-state index contributed by atoms with van der Waals surface area (Å²) in [6.07, 6.45) is 5.92. The number of nitrogens with zero attached hydrogens (tertiary/aromatic N) is 4. The van der Waals surface area contributed by atoms with Gasteiger partial charge in [0, 0.05) is 60.6 Å². The summed E-state index contributed by atoms with van der Waals surface area (Å²) in [5.74, 6) is -0.192. The Morgan fingerprint density at radius 3 is 2.73 bits per heavy atom. The van der Waals surface area contributed by atoms with Gasteiger partial charge in [-0.1, -0.05) is 0 Å². The molecule has 3 aromatic rings. The normalized spacial score (nSPS) is 18.3. The van der Waals surface area contributed by atoms with Crippen molar-refractivity contribution in [3.8, 4) is 0 Å². The van der Waals surface area contributed by atoms with Gasteiger partial charge in [-0.15, -0.1) is 5.10 Å². The molecule has 33 heavy (non-hydrogen) atoms. The summed E-state index contributed by atoms with van der Waals surface area (Å²) >= 11 is 0. The van der Waals surface area contributed by atoms with Gasteiger partial charge in [0.2, 0.25) is 0 Å². The number of piperidine rings is 1. The molecular weight excluding hydrogens is 420 g/mol. The number of hydrogen-bond donors (Lipinski definition) is 3. The lowest BCUT2D eigenvalue weighted by atomic mass is 9.85. The zero-order valence-electron chi connectivity index (χ0n) is 18.9. The number of carboxylic acids is 1. The van der Waals surface area contributed by atoms with E-state index in [2.05, 4.69) is 26.4 Å². The van der Waals surface area contributed by atoms with Crippen LogP contribution < -0.4 is 5.32 Å². The van der Waals surface area contributed by atoms with Gasteiger partial charge in [-0.3, -0.25) is 4.90 Å². The summed E-state index contributed by atoms with van der Waals surface area (Å²) in [5, 5.41) is 17.6. The van der Waals surface area contributed by atoms with E-state index in [1.165, 1.54) is 4.68 Å². The van der Waals surface area contributed by atoms with Gasteiger partial charge in [0.15, 0.2) is 0 Å². The van der Waals surface area contributed by atoms with Gasteiger partial charge in [-0.25, -0.2) is 9.59 Å². The molecule has 2 saturated heterocycles. The number of hydrogen-bond acceptors (Lipinski definition) is 5. The fourth-order valence-electron chi connectivity index (χ4n) is 5.39. The van der Waals surface area contributed by atoms with Crippen LogP contribution in [0.1, 0.15) is 48.7 Å². The summed E-state index contributed by atoms with van der Waals surface area (Å²) in [6.45, 7) is 6.05. The third-order valence-electron chi connectivity index (χ3n) is 7.13. The summed E-state index contributed by atoms with van der Waals surface area (Å²) in [7, 11) is 0. The van der Waals surface area contributed by atoms with Gasteiger partial charge in [-0.05, 0) is 63.4 Å². The third kappa shape index (κ3) is 4.08. The molecule has 1 aromatic carbocycles. The average Bonchev–Trinajstić information content (AvgIpc) is 3.53. The van der Waals surface area contributed by atoms with Gasteiger partial charge < -0.3 is 20.3 Å². The van der Waals surface area contributed by atoms with Crippen LogP contribution in [0.3, 0.4) is 0 Å². The third-order valence-corrected chi connectivity index (χ3v) is 7.13. The number of likely N-dealkylation sites (tertiary alicyclic amines) is 2. The Labute approximate surface area is 192 Å². The molecule has 3 N–H and O–H groups in total. The van der Waals surface area contributed by atoms with Gasteiger partial charge in [0.05, 0.1) is 5.56 Å². The number of carbonyl (C=O) groups excluding carboxylic acids is 1. The smallest absolute Gasteiger partial charge is 0.344 e. The number of rotatable bonds is 5. The van der Waals surface area contributed by atoms with E-state index in [-0.39, 0.29) is 11.6 Å². The molecule has 0 aliphatic carbocycles. The molecule has 0 saturated carbocycles. The lowest BCUT2D eigenvalue weighted by Gasteiger charge is -2.44. The number of anilines is 1. The van der Waals surface area contributed by atoms with E-state index in [0.717, 1.165) is 80.8 Å². The predicted molar refractivity (Wildman–Crippen MR) is 126 cm³/mol. The first-order chi connectivity index (χ1) is 16.0. The van der Waals surface area contributed by atoms with Crippen LogP contribution in [0, 0.1) is 0 Å². The largest absolute Gasteiger partial charge is 0.478 e. The van der Waals surface area contributed by atoms with Crippen LogP contribution in [0.2, 0.25) is 0 Å². The summed E-state index contributed by atoms with van der Waals surface area (Å²) in [5.41, 5.74) is 2.47. The maximum Gasteiger partial charge on any atom is 0.344 e. The summed E-state index contributed by atoms with van der Waals surface area (Å²) < 4.78 is 1.43. The van der Waals surface area contributed by atoms with Gasteiger partial charge in [0.25, 0.3) is 0 Å². The van der Waals surface area contributed by atoms with Crippen molar-refractivity contribution in [3.05, 3.63) is 47.8 Å². The Morgan fingerprint density at radius 2 is 1.97 bits per heavy atom. The molecule has 0 radical (unpaired) electrons. The first kappa shape index (κ1) is 21.5. The lowest BCUT2D eigenvalue weighted by molar-refractivity contribution is 0.0578. The first-order valence-corrected chi connectivity index (χ1v) is 11.7. The van der Waals surface area contributed by atoms with E-state index in [1.807, 2.05) is 24.0 Å². The molecular formula is C24H30N6O3. The van der Waals surface area contributed by atoms with Crippen molar-refractivity contribution >= 4 is 28.7 Å². The number of aromatic nitrogens is 3.